The summed E-state index contributed by atoms with van der Waals surface area (Å²) in [5, 5.41) is 11.2. The van der Waals surface area contributed by atoms with E-state index in [1.54, 1.807) is 6.07 Å². The quantitative estimate of drug-likeness (QED) is 0.378. The highest BCUT2D eigenvalue weighted by atomic mass is 35.5. The van der Waals surface area contributed by atoms with E-state index >= 15 is 0 Å². The van der Waals surface area contributed by atoms with Crippen LogP contribution < -0.4 is 0 Å². The lowest BCUT2D eigenvalue weighted by molar-refractivity contribution is -0.130. The molecule has 0 aromatic heterocycles. The Bertz CT molecular complexity index is 964. The van der Waals surface area contributed by atoms with Gasteiger partial charge in [-0.15, -0.1) is 0 Å². The van der Waals surface area contributed by atoms with E-state index in [0.717, 1.165) is 56.1 Å². The molecule has 0 heterocycles. The van der Waals surface area contributed by atoms with Crippen molar-refractivity contribution >= 4 is 35.1 Å². The van der Waals surface area contributed by atoms with E-state index in [0.29, 0.717) is 33.6 Å². The maximum atomic E-state index is 13.5. The van der Waals surface area contributed by atoms with Gasteiger partial charge in [-0.2, -0.15) is 0 Å². The Morgan fingerprint density at radius 3 is 2.63 bits per heavy atom. The SMILES string of the molecule is C[C@@]12CC[C@@H]3[C@H](CC=C4C[C@@H](O)CC[C@@]43C)[C@H]1C/C(=C\c1cccc(Cl)c1Cl)C2=O. The number of fused-ring (bicyclic) bond motifs is 5. The van der Waals surface area contributed by atoms with Gasteiger partial charge in [-0.05, 0) is 91.4 Å². The van der Waals surface area contributed by atoms with Crippen LogP contribution in [0.25, 0.3) is 6.08 Å². The topological polar surface area (TPSA) is 37.3 Å². The van der Waals surface area contributed by atoms with Gasteiger partial charge in [0.2, 0.25) is 0 Å². The molecule has 0 unspecified atom stereocenters. The summed E-state index contributed by atoms with van der Waals surface area (Å²) in [6, 6.07) is 5.60. The number of ketones is 1. The molecule has 30 heavy (non-hydrogen) atoms. The van der Waals surface area contributed by atoms with Crippen molar-refractivity contribution in [2.45, 2.75) is 64.9 Å². The van der Waals surface area contributed by atoms with Crippen LogP contribution in [-0.2, 0) is 4.79 Å². The average molecular weight is 445 g/mol. The largest absolute Gasteiger partial charge is 0.393 e. The van der Waals surface area contributed by atoms with Crippen molar-refractivity contribution in [3.63, 3.8) is 0 Å². The zero-order valence-electron chi connectivity index (χ0n) is 17.8. The highest BCUT2D eigenvalue weighted by molar-refractivity contribution is 6.43. The number of aliphatic hydroxyl groups is 1. The van der Waals surface area contributed by atoms with Crippen LogP contribution in [0.1, 0.15) is 64.4 Å². The number of hydrogen-bond donors (Lipinski definition) is 1. The van der Waals surface area contributed by atoms with Crippen molar-refractivity contribution in [1.29, 1.82) is 0 Å². The third kappa shape index (κ3) is 2.98. The van der Waals surface area contributed by atoms with Gasteiger partial charge in [0.1, 0.15) is 0 Å². The fraction of sp³-hybridized carbons (Fsp3) is 0.577. The van der Waals surface area contributed by atoms with Crippen molar-refractivity contribution in [1.82, 2.24) is 0 Å². The first-order chi connectivity index (χ1) is 14.2. The molecular formula is C26H30Cl2O2. The van der Waals surface area contributed by atoms with Crippen molar-refractivity contribution in [3.8, 4) is 0 Å². The molecule has 5 rings (SSSR count). The lowest BCUT2D eigenvalue weighted by Crippen LogP contribution is -2.50. The number of benzene rings is 1. The second kappa shape index (κ2) is 7.22. The van der Waals surface area contributed by atoms with Gasteiger partial charge in [0.25, 0.3) is 0 Å². The third-order valence-corrected chi connectivity index (χ3v) is 9.86. The molecule has 0 aliphatic heterocycles. The standard InChI is InChI=1S/C26H30Cl2O2/c1-25-10-8-18(29)14-17(25)6-7-19-20(25)9-11-26(2)21(19)13-16(24(26)30)12-15-4-3-5-22(27)23(15)28/h3-6,12,18-21,29H,7-11,13-14H2,1-2H3/b16-12+/t18-,19-,20+,21+,25-,26+/m0/s1. The van der Waals surface area contributed by atoms with E-state index in [9.17, 15) is 9.90 Å². The van der Waals surface area contributed by atoms with Gasteiger partial charge in [0, 0.05) is 5.41 Å². The molecule has 1 N–H and O–H groups in total. The van der Waals surface area contributed by atoms with Crippen LogP contribution in [0.3, 0.4) is 0 Å². The van der Waals surface area contributed by atoms with Crippen LogP contribution in [0.2, 0.25) is 10.0 Å². The van der Waals surface area contributed by atoms with Gasteiger partial charge >= 0.3 is 0 Å². The van der Waals surface area contributed by atoms with Gasteiger partial charge in [0.15, 0.2) is 5.78 Å². The Morgan fingerprint density at radius 2 is 1.83 bits per heavy atom. The van der Waals surface area contributed by atoms with Gasteiger partial charge in [0.05, 0.1) is 16.1 Å². The van der Waals surface area contributed by atoms with Gasteiger partial charge < -0.3 is 5.11 Å². The molecule has 3 saturated carbocycles. The van der Waals surface area contributed by atoms with Crippen molar-refractivity contribution in [2.24, 2.45) is 28.6 Å². The molecule has 0 bridgehead atoms. The van der Waals surface area contributed by atoms with Gasteiger partial charge in [-0.3, -0.25) is 4.79 Å². The van der Waals surface area contributed by atoms with E-state index in [-0.39, 0.29) is 16.9 Å². The summed E-state index contributed by atoms with van der Waals surface area (Å²) in [7, 11) is 0. The summed E-state index contributed by atoms with van der Waals surface area (Å²) in [6.07, 6.45) is 11.0. The summed E-state index contributed by atoms with van der Waals surface area (Å²) >= 11 is 12.6. The number of aliphatic hydroxyl groups excluding tert-OH is 1. The molecule has 0 spiro atoms. The Kier molecular flexibility index (Phi) is 5.00. The summed E-state index contributed by atoms with van der Waals surface area (Å²) < 4.78 is 0. The normalized spacial score (nSPS) is 41.8. The van der Waals surface area contributed by atoms with E-state index in [1.807, 2.05) is 18.2 Å². The molecule has 3 fully saturated rings. The van der Waals surface area contributed by atoms with Crippen LogP contribution in [0.5, 0.6) is 0 Å². The second-order valence-corrected chi connectivity index (χ2v) is 11.2. The second-order valence-electron chi connectivity index (χ2n) is 10.5. The highest BCUT2D eigenvalue weighted by Gasteiger charge is 2.59. The van der Waals surface area contributed by atoms with E-state index in [2.05, 4.69) is 19.9 Å². The summed E-state index contributed by atoms with van der Waals surface area (Å²) in [5.74, 6) is 1.85. The van der Waals surface area contributed by atoms with Crippen LogP contribution in [0, 0.1) is 28.6 Å². The lowest BCUT2D eigenvalue weighted by Gasteiger charge is -2.56. The van der Waals surface area contributed by atoms with Crippen LogP contribution >= 0.6 is 23.2 Å². The molecule has 4 aliphatic carbocycles. The molecule has 2 nitrogen and oxygen atoms in total. The fourth-order valence-electron chi connectivity index (χ4n) is 7.26. The van der Waals surface area contributed by atoms with E-state index in [4.69, 9.17) is 23.2 Å². The van der Waals surface area contributed by atoms with Crippen molar-refractivity contribution in [2.75, 3.05) is 0 Å². The third-order valence-electron chi connectivity index (χ3n) is 9.03. The monoisotopic (exact) mass is 444 g/mol. The number of carbonyl (C=O) groups is 1. The lowest BCUT2D eigenvalue weighted by atomic mass is 9.48. The predicted octanol–water partition coefficient (Wildman–Crippen LogP) is 6.88. The number of rotatable bonds is 1. The molecule has 1 aromatic carbocycles. The molecule has 0 amide bonds. The molecule has 6 atom stereocenters. The van der Waals surface area contributed by atoms with Gasteiger partial charge in [-0.25, -0.2) is 0 Å². The fourth-order valence-corrected chi connectivity index (χ4v) is 7.62. The number of carbonyl (C=O) groups excluding carboxylic acids is 1. The Morgan fingerprint density at radius 1 is 1.07 bits per heavy atom. The molecule has 4 heteroatoms. The minimum absolute atomic E-state index is 0.181. The first kappa shape index (κ1) is 20.8. The number of hydrogen-bond acceptors (Lipinski definition) is 2. The maximum absolute atomic E-state index is 13.5. The molecule has 0 radical (unpaired) electrons. The zero-order chi connectivity index (χ0) is 21.3. The van der Waals surface area contributed by atoms with Crippen LogP contribution in [0.4, 0.5) is 0 Å². The molecule has 4 aliphatic rings. The minimum atomic E-state index is -0.270. The first-order valence-corrected chi connectivity index (χ1v) is 12.1. The smallest absolute Gasteiger partial charge is 0.165 e. The first-order valence-electron chi connectivity index (χ1n) is 11.3. The Balaban J connectivity index is 1.49. The van der Waals surface area contributed by atoms with E-state index in [1.165, 1.54) is 5.57 Å². The number of Topliss-reactive ketones (excluding diaryl/α,β-unsaturated/α-hetero) is 1. The highest BCUT2D eigenvalue weighted by Crippen LogP contribution is 2.64. The van der Waals surface area contributed by atoms with Crippen LogP contribution in [0.15, 0.2) is 35.4 Å². The summed E-state index contributed by atoms with van der Waals surface area (Å²) in [5.41, 5.74) is 3.14. The average Bonchev–Trinajstić information content (AvgIpc) is 2.97. The molecular weight excluding hydrogens is 415 g/mol. The number of allylic oxidation sites excluding steroid dienone is 2. The Hall–Kier alpha value is -1.09. The van der Waals surface area contributed by atoms with Gasteiger partial charge in [-0.1, -0.05) is 60.8 Å². The number of halogens is 2. The Labute approximate surface area is 189 Å². The maximum Gasteiger partial charge on any atom is 0.165 e. The minimum Gasteiger partial charge on any atom is -0.393 e. The summed E-state index contributed by atoms with van der Waals surface area (Å²) in [6.45, 7) is 4.62. The molecule has 1 aromatic rings. The zero-order valence-corrected chi connectivity index (χ0v) is 19.3. The van der Waals surface area contributed by atoms with Crippen molar-refractivity contribution in [3.05, 3.63) is 51.0 Å². The van der Waals surface area contributed by atoms with Crippen molar-refractivity contribution < 1.29 is 9.90 Å². The van der Waals surface area contributed by atoms with E-state index < -0.39 is 0 Å². The molecule has 0 saturated heterocycles. The van der Waals surface area contributed by atoms with Crippen LogP contribution in [-0.4, -0.2) is 17.0 Å². The summed E-state index contributed by atoms with van der Waals surface area (Å²) in [4.78, 5) is 13.5. The predicted molar refractivity (Wildman–Crippen MR) is 123 cm³/mol. The molecule has 160 valence electrons.